The lowest BCUT2D eigenvalue weighted by Crippen LogP contribution is -2.43. The maximum Gasteiger partial charge on any atom is 0.190 e. The molecule has 1 saturated heterocycles. The highest BCUT2D eigenvalue weighted by Gasteiger charge is 2.15. The van der Waals surface area contributed by atoms with Crippen molar-refractivity contribution >= 4 is 29.9 Å². The fraction of sp³-hybridized carbons (Fsp3) is 0.947. The Kier molecular flexibility index (Phi) is 14.0. The zero-order chi connectivity index (χ0) is 17.9. The van der Waals surface area contributed by atoms with Gasteiger partial charge in [0.05, 0.1) is 0 Å². The van der Waals surface area contributed by atoms with Crippen molar-refractivity contribution in [3.63, 3.8) is 0 Å². The molecule has 1 aliphatic rings. The van der Waals surface area contributed by atoms with Crippen molar-refractivity contribution in [1.82, 2.24) is 20.4 Å². The van der Waals surface area contributed by atoms with E-state index in [1.54, 1.807) is 0 Å². The first-order valence-corrected chi connectivity index (χ1v) is 9.86. The summed E-state index contributed by atoms with van der Waals surface area (Å²) in [5, 5.41) is 6.93. The van der Waals surface area contributed by atoms with Crippen LogP contribution in [0.1, 0.15) is 53.9 Å². The van der Waals surface area contributed by atoms with Gasteiger partial charge < -0.3 is 15.5 Å². The SMILES string of the molecule is CN=C(NCCCN(C(C)C)C(C)C)NCC(C)CN1CCCC1.I. The first-order valence-electron chi connectivity index (χ1n) is 9.86. The number of guanidine groups is 1. The van der Waals surface area contributed by atoms with Gasteiger partial charge in [-0.1, -0.05) is 6.92 Å². The third-order valence-electron chi connectivity index (χ3n) is 4.82. The van der Waals surface area contributed by atoms with Crippen LogP contribution in [-0.2, 0) is 0 Å². The maximum absolute atomic E-state index is 4.35. The van der Waals surface area contributed by atoms with E-state index in [0.717, 1.165) is 32.0 Å². The summed E-state index contributed by atoms with van der Waals surface area (Å²) in [4.78, 5) is 9.46. The lowest BCUT2D eigenvalue weighted by atomic mass is 10.1. The molecule has 0 bridgehead atoms. The van der Waals surface area contributed by atoms with Crippen LogP contribution < -0.4 is 10.6 Å². The largest absolute Gasteiger partial charge is 0.356 e. The van der Waals surface area contributed by atoms with Crippen molar-refractivity contribution in [2.24, 2.45) is 10.9 Å². The first kappa shape index (κ1) is 24.9. The van der Waals surface area contributed by atoms with Gasteiger partial charge in [-0.2, -0.15) is 0 Å². The normalized spacial score (nSPS) is 17.2. The van der Waals surface area contributed by atoms with Gasteiger partial charge in [-0.25, -0.2) is 0 Å². The quantitative estimate of drug-likeness (QED) is 0.224. The molecule has 0 aromatic rings. The zero-order valence-corrected chi connectivity index (χ0v) is 19.7. The molecule has 0 aliphatic carbocycles. The van der Waals surface area contributed by atoms with Gasteiger partial charge >= 0.3 is 0 Å². The van der Waals surface area contributed by atoms with E-state index in [2.05, 4.69) is 60.0 Å². The second-order valence-electron chi connectivity index (χ2n) is 7.77. The zero-order valence-electron chi connectivity index (χ0n) is 17.3. The number of hydrogen-bond acceptors (Lipinski definition) is 3. The van der Waals surface area contributed by atoms with Crippen LogP contribution in [0.3, 0.4) is 0 Å². The van der Waals surface area contributed by atoms with E-state index in [1.165, 1.54) is 32.5 Å². The Balaban J connectivity index is 0.00000576. The van der Waals surface area contributed by atoms with Crippen LogP contribution in [0.2, 0.25) is 0 Å². The van der Waals surface area contributed by atoms with E-state index in [-0.39, 0.29) is 24.0 Å². The van der Waals surface area contributed by atoms with E-state index in [4.69, 9.17) is 0 Å². The number of halogens is 1. The predicted molar refractivity (Wildman–Crippen MR) is 121 cm³/mol. The molecule has 0 radical (unpaired) electrons. The summed E-state index contributed by atoms with van der Waals surface area (Å²) >= 11 is 0. The second kappa shape index (κ2) is 14.0. The number of hydrogen-bond donors (Lipinski definition) is 2. The summed E-state index contributed by atoms with van der Waals surface area (Å²) in [7, 11) is 1.86. The molecule has 1 aliphatic heterocycles. The third-order valence-corrected chi connectivity index (χ3v) is 4.82. The molecule has 1 fully saturated rings. The van der Waals surface area contributed by atoms with E-state index >= 15 is 0 Å². The summed E-state index contributed by atoms with van der Waals surface area (Å²) < 4.78 is 0. The number of likely N-dealkylation sites (tertiary alicyclic amines) is 1. The minimum atomic E-state index is 0. The van der Waals surface area contributed by atoms with Crippen LogP contribution in [0.15, 0.2) is 4.99 Å². The van der Waals surface area contributed by atoms with Crippen LogP contribution >= 0.6 is 24.0 Å². The van der Waals surface area contributed by atoms with Gasteiger partial charge in [-0.05, 0) is 66.0 Å². The van der Waals surface area contributed by atoms with Crippen molar-refractivity contribution < 1.29 is 0 Å². The fourth-order valence-electron chi connectivity index (χ4n) is 3.54. The average molecular weight is 467 g/mol. The molecule has 6 heteroatoms. The monoisotopic (exact) mass is 467 g/mol. The number of nitrogens with zero attached hydrogens (tertiary/aromatic N) is 3. The topological polar surface area (TPSA) is 42.9 Å². The highest BCUT2D eigenvalue weighted by atomic mass is 127. The lowest BCUT2D eigenvalue weighted by Gasteiger charge is -2.30. The van der Waals surface area contributed by atoms with Crippen LogP contribution in [0.5, 0.6) is 0 Å². The van der Waals surface area contributed by atoms with E-state index in [1.807, 2.05) is 7.05 Å². The lowest BCUT2D eigenvalue weighted by molar-refractivity contribution is 0.173. The Labute approximate surface area is 173 Å². The fourth-order valence-corrected chi connectivity index (χ4v) is 3.54. The smallest absolute Gasteiger partial charge is 0.190 e. The minimum Gasteiger partial charge on any atom is -0.356 e. The van der Waals surface area contributed by atoms with Gasteiger partial charge in [0.2, 0.25) is 0 Å². The Hall–Kier alpha value is -0.0800. The highest BCUT2D eigenvalue weighted by Crippen LogP contribution is 2.09. The van der Waals surface area contributed by atoms with Crippen molar-refractivity contribution in [1.29, 1.82) is 0 Å². The molecule has 0 amide bonds. The molecule has 1 rings (SSSR count). The van der Waals surface area contributed by atoms with Gasteiger partial charge in [0.1, 0.15) is 0 Å². The number of aliphatic imine (C=N–C) groups is 1. The molecule has 0 aromatic carbocycles. The molecule has 0 spiro atoms. The summed E-state index contributed by atoms with van der Waals surface area (Å²) in [5.41, 5.74) is 0. The van der Waals surface area contributed by atoms with E-state index in [9.17, 15) is 0 Å². The van der Waals surface area contributed by atoms with Crippen molar-refractivity contribution in [3.8, 4) is 0 Å². The van der Waals surface area contributed by atoms with Crippen LogP contribution in [0, 0.1) is 5.92 Å². The predicted octanol–water partition coefficient (Wildman–Crippen LogP) is 3.01. The molecule has 1 heterocycles. The molecule has 0 aromatic heterocycles. The summed E-state index contributed by atoms with van der Waals surface area (Å²) in [6.45, 7) is 18.3. The highest BCUT2D eigenvalue weighted by molar-refractivity contribution is 14.0. The molecule has 25 heavy (non-hydrogen) atoms. The molecular weight excluding hydrogens is 425 g/mol. The molecular formula is C19H42IN5. The second-order valence-corrected chi connectivity index (χ2v) is 7.77. The first-order chi connectivity index (χ1) is 11.4. The van der Waals surface area contributed by atoms with E-state index in [0.29, 0.717) is 18.0 Å². The summed E-state index contributed by atoms with van der Waals surface area (Å²) in [6, 6.07) is 1.21. The van der Waals surface area contributed by atoms with Crippen molar-refractivity contribution in [2.75, 3.05) is 46.3 Å². The van der Waals surface area contributed by atoms with Gasteiger partial charge in [0.15, 0.2) is 5.96 Å². The van der Waals surface area contributed by atoms with Gasteiger partial charge in [0.25, 0.3) is 0 Å². The van der Waals surface area contributed by atoms with E-state index < -0.39 is 0 Å². The minimum absolute atomic E-state index is 0. The Bertz CT molecular complexity index is 346. The van der Waals surface area contributed by atoms with Gasteiger partial charge in [-0.15, -0.1) is 24.0 Å². The standard InChI is InChI=1S/C19H41N5.HI/c1-16(2)24(17(3)4)13-9-10-21-19(20-6)22-14-18(5)15-23-11-7-8-12-23;/h16-18H,7-15H2,1-6H3,(H2,20,21,22);1H. The van der Waals surface area contributed by atoms with Gasteiger partial charge in [0, 0.05) is 45.3 Å². The van der Waals surface area contributed by atoms with Crippen molar-refractivity contribution in [3.05, 3.63) is 0 Å². The molecule has 150 valence electrons. The van der Waals surface area contributed by atoms with Gasteiger partial charge in [-0.3, -0.25) is 9.89 Å². The number of nitrogens with one attached hydrogen (secondary N) is 2. The molecule has 0 saturated carbocycles. The molecule has 1 atom stereocenters. The maximum atomic E-state index is 4.35. The summed E-state index contributed by atoms with van der Waals surface area (Å²) in [6.07, 6.45) is 3.88. The average Bonchev–Trinajstić information content (AvgIpc) is 3.02. The van der Waals surface area contributed by atoms with Crippen LogP contribution in [-0.4, -0.2) is 74.2 Å². The Morgan fingerprint density at radius 2 is 1.64 bits per heavy atom. The molecule has 5 nitrogen and oxygen atoms in total. The van der Waals surface area contributed by atoms with Crippen molar-refractivity contribution in [2.45, 2.75) is 66.0 Å². The Morgan fingerprint density at radius 1 is 1.04 bits per heavy atom. The van der Waals surface area contributed by atoms with Crippen LogP contribution in [0.25, 0.3) is 0 Å². The molecule has 2 N–H and O–H groups in total. The Morgan fingerprint density at radius 3 is 2.16 bits per heavy atom. The number of rotatable bonds is 10. The molecule has 1 unspecified atom stereocenters. The van der Waals surface area contributed by atoms with Crippen LogP contribution in [0.4, 0.5) is 0 Å². The third kappa shape index (κ3) is 10.6. The summed E-state index contributed by atoms with van der Waals surface area (Å²) in [5.74, 6) is 1.59.